The smallest absolute Gasteiger partial charge is 0.319 e. The van der Waals surface area contributed by atoms with Crippen LogP contribution in [0.5, 0.6) is 0 Å². The Morgan fingerprint density at radius 3 is 2.59 bits per heavy atom. The number of hydrogen-bond donors (Lipinski definition) is 2. The largest absolute Gasteiger partial charge is 0.480 e. The van der Waals surface area contributed by atoms with Gasteiger partial charge in [-0.1, -0.05) is 30.3 Å². The van der Waals surface area contributed by atoms with E-state index < -0.39 is 17.3 Å². The number of rotatable bonds is 5. The molecule has 1 fully saturated rings. The molecule has 22 heavy (non-hydrogen) atoms. The van der Waals surface area contributed by atoms with Crippen LogP contribution in [0.4, 0.5) is 0 Å². The number of amides is 1. The zero-order chi connectivity index (χ0) is 15.7. The number of carbonyl (C=O) groups is 2. The second-order valence-corrected chi connectivity index (χ2v) is 5.61. The Hall–Kier alpha value is -2.63. The van der Waals surface area contributed by atoms with Crippen molar-refractivity contribution in [3.8, 4) is 11.3 Å². The van der Waals surface area contributed by atoms with Gasteiger partial charge in [-0.25, -0.2) is 0 Å². The summed E-state index contributed by atoms with van der Waals surface area (Å²) in [5.41, 5.74) is 1.41. The van der Waals surface area contributed by atoms with Crippen LogP contribution in [0.2, 0.25) is 0 Å². The van der Waals surface area contributed by atoms with E-state index in [2.05, 4.69) is 10.4 Å². The highest BCUT2D eigenvalue weighted by Crippen LogP contribution is 2.46. The lowest BCUT2D eigenvalue weighted by Gasteiger charge is -2.10. The number of aliphatic carboxylic acids is 1. The highest BCUT2D eigenvalue weighted by molar-refractivity contribution is 6.04. The predicted molar refractivity (Wildman–Crippen MR) is 79.8 cm³/mol. The third kappa shape index (κ3) is 2.47. The number of carbonyl (C=O) groups excluding carboxylic acids is 1. The van der Waals surface area contributed by atoms with Crippen molar-refractivity contribution in [3.05, 3.63) is 42.1 Å². The van der Waals surface area contributed by atoms with Crippen LogP contribution in [0.15, 0.2) is 36.5 Å². The van der Waals surface area contributed by atoms with Crippen LogP contribution in [0, 0.1) is 5.41 Å². The molecule has 6 nitrogen and oxygen atoms in total. The maximum Gasteiger partial charge on any atom is 0.319 e. The molecule has 1 aliphatic carbocycles. The van der Waals surface area contributed by atoms with Crippen molar-refractivity contribution in [1.29, 1.82) is 0 Å². The molecule has 1 saturated carbocycles. The Bertz CT molecular complexity index is 717. The predicted octanol–water partition coefficient (Wildman–Crippen LogP) is 1.57. The summed E-state index contributed by atoms with van der Waals surface area (Å²) >= 11 is 0. The lowest BCUT2D eigenvalue weighted by Crippen LogP contribution is -2.36. The van der Waals surface area contributed by atoms with Gasteiger partial charge in [-0.15, -0.1) is 0 Å². The molecule has 0 radical (unpaired) electrons. The van der Waals surface area contributed by atoms with Crippen LogP contribution in [0.25, 0.3) is 11.3 Å². The van der Waals surface area contributed by atoms with Crippen molar-refractivity contribution >= 4 is 11.9 Å². The Labute approximate surface area is 127 Å². The lowest BCUT2D eigenvalue weighted by atomic mass is 10.1. The molecule has 1 aromatic heterocycles. The van der Waals surface area contributed by atoms with E-state index in [4.69, 9.17) is 5.11 Å². The summed E-state index contributed by atoms with van der Waals surface area (Å²) in [5, 5.41) is 16.3. The van der Waals surface area contributed by atoms with Crippen LogP contribution in [-0.2, 0) is 23.2 Å². The maximum atomic E-state index is 12.1. The van der Waals surface area contributed by atoms with Gasteiger partial charge >= 0.3 is 5.97 Å². The van der Waals surface area contributed by atoms with Gasteiger partial charge in [-0.2, -0.15) is 5.10 Å². The van der Waals surface area contributed by atoms with Crippen molar-refractivity contribution in [3.63, 3.8) is 0 Å². The molecular formula is C16H17N3O3. The summed E-state index contributed by atoms with van der Waals surface area (Å²) in [6.45, 7) is 0.270. The summed E-state index contributed by atoms with van der Waals surface area (Å²) in [5.74, 6) is -1.46. The third-order valence-corrected chi connectivity index (χ3v) is 3.99. The number of nitrogens with one attached hydrogen (secondary N) is 1. The van der Waals surface area contributed by atoms with Gasteiger partial charge in [0.05, 0.1) is 5.69 Å². The summed E-state index contributed by atoms with van der Waals surface area (Å²) in [4.78, 5) is 23.2. The average molecular weight is 299 g/mol. The number of aromatic nitrogens is 2. The first-order chi connectivity index (χ1) is 10.5. The molecule has 1 aliphatic rings. The standard InChI is InChI=1S/C16H17N3O3/c1-19-10-12(13(18-19)11-5-3-2-4-6-11)9-17-14(20)16(7-8-16)15(21)22/h2-6,10H,7-9H2,1H3,(H,17,20)(H,21,22). The minimum absolute atomic E-state index is 0.270. The fraction of sp³-hybridized carbons (Fsp3) is 0.312. The average Bonchev–Trinajstić information content (AvgIpc) is 3.24. The van der Waals surface area contributed by atoms with Crippen molar-refractivity contribution in [2.24, 2.45) is 12.5 Å². The van der Waals surface area contributed by atoms with E-state index in [0.717, 1.165) is 16.8 Å². The SMILES string of the molecule is Cn1cc(CNC(=O)C2(C(=O)O)CC2)c(-c2ccccc2)n1. The molecule has 6 heteroatoms. The first kappa shape index (κ1) is 14.3. The van der Waals surface area contributed by atoms with E-state index in [-0.39, 0.29) is 6.54 Å². The molecule has 2 aromatic rings. The van der Waals surface area contributed by atoms with Gasteiger partial charge in [0.2, 0.25) is 5.91 Å². The molecule has 3 rings (SSSR count). The highest BCUT2D eigenvalue weighted by atomic mass is 16.4. The highest BCUT2D eigenvalue weighted by Gasteiger charge is 2.56. The Morgan fingerprint density at radius 2 is 2.00 bits per heavy atom. The van der Waals surface area contributed by atoms with Crippen LogP contribution >= 0.6 is 0 Å². The fourth-order valence-corrected chi connectivity index (χ4v) is 2.51. The molecule has 0 aliphatic heterocycles. The first-order valence-electron chi connectivity index (χ1n) is 7.12. The normalized spacial score (nSPS) is 15.3. The zero-order valence-electron chi connectivity index (χ0n) is 12.2. The van der Waals surface area contributed by atoms with Crippen molar-refractivity contribution in [1.82, 2.24) is 15.1 Å². The molecule has 0 unspecified atom stereocenters. The molecule has 114 valence electrons. The van der Waals surface area contributed by atoms with Crippen LogP contribution in [0.1, 0.15) is 18.4 Å². The molecule has 1 amide bonds. The van der Waals surface area contributed by atoms with Gasteiger partial charge in [0, 0.05) is 30.9 Å². The molecule has 0 bridgehead atoms. The van der Waals surface area contributed by atoms with Crippen LogP contribution in [-0.4, -0.2) is 26.8 Å². The molecule has 0 atom stereocenters. The number of carboxylic acid groups (broad SMARTS) is 1. The fourth-order valence-electron chi connectivity index (χ4n) is 2.51. The van der Waals surface area contributed by atoms with Crippen molar-refractivity contribution < 1.29 is 14.7 Å². The molecule has 1 heterocycles. The van der Waals surface area contributed by atoms with Gasteiger partial charge in [-0.05, 0) is 12.8 Å². The van der Waals surface area contributed by atoms with E-state index in [1.54, 1.807) is 4.68 Å². The van der Waals surface area contributed by atoms with Gasteiger partial charge in [-0.3, -0.25) is 14.3 Å². The Balaban J connectivity index is 1.77. The third-order valence-electron chi connectivity index (χ3n) is 3.99. The van der Waals surface area contributed by atoms with Crippen molar-refractivity contribution in [2.75, 3.05) is 0 Å². The number of nitrogens with zero attached hydrogens (tertiary/aromatic N) is 2. The van der Waals surface area contributed by atoms with E-state index in [0.29, 0.717) is 12.8 Å². The molecule has 0 spiro atoms. The summed E-state index contributed by atoms with van der Waals surface area (Å²) in [6, 6.07) is 9.68. The van der Waals surface area contributed by atoms with Crippen LogP contribution in [0.3, 0.4) is 0 Å². The topological polar surface area (TPSA) is 84.2 Å². The van der Waals surface area contributed by atoms with Gasteiger partial charge in [0.1, 0.15) is 5.41 Å². The minimum atomic E-state index is -1.21. The number of carboxylic acids is 1. The maximum absolute atomic E-state index is 12.1. The van der Waals surface area contributed by atoms with Gasteiger partial charge in [0.25, 0.3) is 0 Å². The minimum Gasteiger partial charge on any atom is -0.480 e. The second-order valence-electron chi connectivity index (χ2n) is 5.61. The lowest BCUT2D eigenvalue weighted by molar-refractivity contribution is -0.149. The molecule has 2 N–H and O–H groups in total. The number of hydrogen-bond acceptors (Lipinski definition) is 3. The second kappa shape index (κ2) is 5.29. The van der Waals surface area contributed by atoms with E-state index in [9.17, 15) is 9.59 Å². The van der Waals surface area contributed by atoms with Crippen LogP contribution < -0.4 is 5.32 Å². The summed E-state index contributed by atoms with van der Waals surface area (Å²) in [6.07, 6.45) is 2.66. The Kier molecular flexibility index (Phi) is 3.44. The van der Waals surface area contributed by atoms with E-state index >= 15 is 0 Å². The molecule has 0 saturated heterocycles. The van der Waals surface area contributed by atoms with Gasteiger partial charge < -0.3 is 10.4 Å². The first-order valence-corrected chi connectivity index (χ1v) is 7.12. The molecular weight excluding hydrogens is 282 g/mol. The molecule has 1 aromatic carbocycles. The summed E-state index contributed by atoms with van der Waals surface area (Å²) < 4.78 is 1.69. The monoisotopic (exact) mass is 299 g/mol. The van der Waals surface area contributed by atoms with E-state index in [1.807, 2.05) is 43.6 Å². The number of aryl methyl sites for hydroxylation is 1. The summed E-state index contributed by atoms with van der Waals surface area (Å²) in [7, 11) is 1.82. The van der Waals surface area contributed by atoms with Gasteiger partial charge in [0.15, 0.2) is 0 Å². The number of benzene rings is 1. The van der Waals surface area contributed by atoms with E-state index in [1.165, 1.54) is 0 Å². The quantitative estimate of drug-likeness (QED) is 0.821. The zero-order valence-corrected chi connectivity index (χ0v) is 12.2. The Morgan fingerprint density at radius 1 is 1.32 bits per heavy atom. The van der Waals surface area contributed by atoms with Crippen molar-refractivity contribution in [2.45, 2.75) is 19.4 Å².